The van der Waals surface area contributed by atoms with Crippen LogP contribution in [-0.4, -0.2) is 60.9 Å². The number of hydrogen-bond acceptors (Lipinski definition) is 5. The Labute approximate surface area is 212 Å². The van der Waals surface area contributed by atoms with Gasteiger partial charge >= 0.3 is 12.6 Å². The summed E-state index contributed by atoms with van der Waals surface area (Å²) in [5.74, 6) is 0.102. The highest BCUT2D eigenvalue weighted by atomic mass is 19.3. The fourth-order valence-electron chi connectivity index (χ4n) is 4.61. The summed E-state index contributed by atoms with van der Waals surface area (Å²) in [6, 6.07) is 9.29. The van der Waals surface area contributed by atoms with Gasteiger partial charge in [0, 0.05) is 36.6 Å². The van der Waals surface area contributed by atoms with Crippen LogP contribution in [0.4, 0.5) is 25.0 Å². The van der Waals surface area contributed by atoms with Crippen molar-refractivity contribution in [3.63, 3.8) is 0 Å². The number of aromatic nitrogens is 1. The number of nitrogens with zero attached hydrogens (tertiary/aromatic N) is 3. The number of aryl methyl sites for hydroxylation is 1. The number of ether oxygens (including phenoxy) is 2. The van der Waals surface area contributed by atoms with Gasteiger partial charge in [0.1, 0.15) is 5.69 Å². The van der Waals surface area contributed by atoms with Crippen LogP contribution in [0.2, 0.25) is 0 Å². The SMILES string of the molecule is CC.Cc1cc(OC(F)F)c(NC(=O)N(c2ccccc2C(C)C)C2CCN(C3COC3)CC2)cn1. The minimum absolute atomic E-state index is 0.0324. The first-order valence-electron chi connectivity index (χ1n) is 12.8. The van der Waals surface area contributed by atoms with E-state index in [-0.39, 0.29) is 29.4 Å². The number of carbonyl (C=O) groups is 1. The van der Waals surface area contributed by atoms with Crippen LogP contribution in [-0.2, 0) is 4.74 Å². The van der Waals surface area contributed by atoms with Crippen molar-refractivity contribution in [3.8, 4) is 5.75 Å². The number of alkyl halides is 2. The molecule has 9 heteroatoms. The second-order valence-corrected chi connectivity index (χ2v) is 9.17. The van der Waals surface area contributed by atoms with Crippen LogP contribution in [0.25, 0.3) is 0 Å². The number of benzene rings is 1. The van der Waals surface area contributed by atoms with Crippen molar-refractivity contribution in [1.82, 2.24) is 9.88 Å². The number of hydrogen-bond donors (Lipinski definition) is 1. The van der Waals surface area contributed by atoms with Crippen LogP contribution in [0, 0.1) is 6.92 Å². The highest BCUT2D eigenvalue weighted by Crippen LogP contribution is 2.34. The van der Waals surface area contributed by atoms with Gasteiger partial charge in [-0.3, -0.25) is 14.8 Å². The van der Waals surface area contributed by atoms with E-state index in [1.807, 2.05) is 38.1 Å². The maximum absolute atomic E-state index is 13.7. The lowest BCUT2D eigenvalue weighted by molar-refractivity contribution is -0.0710. The maximum Gasteiger partial charge on any atom is 0.387 e. The third-order valence-corrected chi connectivity index (χ3v) is 6.50. The molecule has 0 saturated carbocycles. The highest BCUT2D eigenvalue weighted by Gasteiger charge is 2.35. The fraction of sp³-hybridized carbons (Fsp3) is 0.556. The zero-order valence-corrected chi connectivity index (χ0v) is 21.8. The first-order valence-corrected chi connectivity index (χ1v) is 12.8. The number of para-hydroxylation sites is 1. The number of nitrogens with one attached hydrogen (secondary N) is 1. The third-order valence-electron chi connectivity index (χ3n) is 6.50. The number of piperidine rings is 1. The standard InChI is InChI=1S/C25H32F2N4O3.C2H6/c1-16(2)20-6-4-5-7-22(20)31(18-8-10-30(11-9-18)19-14-33-15-19)25(32)29-21-13-28-17(3)12-23(21)34-24(26)27;1-2/h4-7,12-13,16,18-19,24H,8-11,14-15H2,1-3H3,(H,29,32);1-2H3. The molecule has 1 aromatic heterocycles. The number of rotatable bonds is 7. The van der Waals surface area contributed by atoms with Gasteiger partial charge in [0.25, 0.3) is 0 Å². The molecule has 2 aliphatic heterocycles. The predicted octanol–water partition coefficient (Wildman–Crippen LogP) is 6.04. The topological polar surface area (TPSA) is 66.9 Å². The summed E-state index contributed by atoms with van der Waals surface area (Å²) < 4.78 is 36.0. The molecule has 2 fully saturated rings. The first kappa shape index (κ1) is 27.8. The number of likely N-dealkylation sites (tertiary alicyclic amines) is 1. The second-order valence-electron chi connectivity index (χ2n) is 9.17. The summed E-state index contributed by atoms with van der Waals surface area (Å²) in [6.07, 6.45) is 2.97. The van der Waals surface area contributed by atoms with Gasteiger partial charge in [0.2, 0.25) is 0 Å². The van der Waals surface area contributed by atoms with E-state index < -0.39 is 6.61 Å². The minimum Gasteiger partial charge on any atom is -0.432 e. The summed E-state index contributed by atoms with van der Waals surface area (Å²) in [4.78, 5) is 22.1. The Morgan fingerprint density at radius 1 is 1.19 bits per heavy atom. The molecular formula is C27H38F2N4O3. The van der Waals surface area contributed by atoms with Gasteiger partial charge in [-0.25, -0.2) is 4.79 Å². The number of urea groups is 1. The van der Waals surface area contributed by atoms with Gasteiger partial charge in [0.15, 0.2) is 5.75 Å². The van der Waals surface area contributed by atoms with E-state index in [2.05, 4.69) is 33.8 Å². The van der Waals surface area contributed by atoms with Gasteiger partial charge in [-0.05, 0) is 37.3 Å². The molecule has 4 rings (SSSR count). The Bertz CT molecular complexity index is 993. The van der Waals surface area contributed by atoms with Crippen molar-refractivity contribution < 1.29 is 23.0 Å². The molecule has 0 unspecified atom stereocenters. The number of halogens is 2. The molecule has 36 heavy (non-hydrogen) atoms. The van der Waals surface area contributed by atoms with Crippen LogP contribution in [0.3, 0.4) is 0 Å². The molecular weight excluding hydrogens is 466 g/mol. The minimum atomic E-state index is -3.00. The van der Waals surface area contributed by atoms with Crippen LogP contribution < -0.4 is 15.0 Å². The largest absolute Gasteiger partial charge is 0.432 e. The highest BCUT2D eigenvalue weighted by molar-refractivity contribution is 6.03. The molecule has 1 N–H and O–H groups in total. The van der Waals surface area contributed by atoms with Crippen molar-refractivity contribution in [2.24, 2.45) is 0 Å². The Morgan fingerprint density at radius 3 is 2.44 bits per heavy atom. The van der Waals surface area contributed by atoms with Crippen molar-refractivity contribution in [2.75, 3.05) is 36.5 Å². The monoisotopic (exact) mass is 504 g/mol. The van der Waals surface area contributed by atoms with E-state index >= 15 is 0 Å². The lowest BCUT2D eigenvalue weighted by atomic mass is 9.96. The van der Waals surface area contributed by atoms with Crippen LogP contribution >= 0.6 is 0 Å². The lowest BCUT2D eigenvalue weighted by Gasteiger charge is -2.44. The Morgan fingerprint density at radius 2 is 1.86 bits per heavy atom. The van der Waals surface area contributed by atoms with Gasteiger partial charge in [-0.2, -0.15) is 8.78 Å². The zero-order chi connectivity index (χ0) is 26.2. The average molecular weight is 505 g/mol. The molecule has 0 bridgehead atoms. The Hall–Kier alpha value is -2.78. The third kappa shape index (κ3) is 6.70. The molecule has 0 atom stereocenters. The summed E-state index contributed by atoms with van der Waals surface area (Å²) in [6.45, 7) is 10.1. The average Bonchev–Trinajstić information content (AvgIpc) is 2.82. The normalized spacial score (nSPS) is 16.8. The molecule has 7 nitrogen and oxygen atoms in total. The van der Waals surface area contributed by atoms with E-state index in [0.29, 0.717) is 11.7 Å². The zero-order valence-electron chi connectivity index (χ0n) is 21.8. The van der Waals surface area contributed by atoms with Gasteiger partial charge in [-0.1, -0.05) is 45.9 Å². The summed E-state index contributed by atoms with van der Waals surface area (Å²) in [7, 11) is 0. The first-order chi connectivity index (χ1) is 17.3. The van der Waals surface area contributed by atoms with Crippen molar-refractivity contribution in [2.45, 2.75) is 72.1 Å². The van der Waals surface area contributed by atoms with Crippen molar-refractivity contribution in [3.05, 3.63) is 47.8 Å². The summed E-state index contributed by atoms with van der Waals surface area (Å²) in [5, 5.41) is 2.79. The van der Waals surface area contributed by atoms with E-state index in [9.17, 15) is 13.6 Å². The summed E-state index contributed by atoms with van der Waals surface area (Å²) >= 11 is 0. The molecule has 0 aliphatic carbocycles. The Kier molecular flexibility index (Phi) is 10.0. The molecule has 1 aromatic carbocycles. The maximum atomic E-state index is 13.7. The van der Waals surface area contributed by atoms with Gasteiger partial charge in [0.05, 0.1) is 25.5 Å². The second kappa shape index (κ2) is 13.0. The van der Waals surface area contributed by atoms with Gasteiger partial charge in [-0.15, -0.1) is 0 Å². The van der Waals surface area contributed by atoms with Gasteiger partial charge < -0.3 is 14.8 Å². The molecule has 0 radical (unpaired) electrons. The van der Waals surface area contributed by atoms with Crippen LogP contribution in [0.5, 0.6) is 5.75 Å². The smallest absolute Gasteiger partial charge is 0.387 e. The molecule has 2 saturated heterocycles. The number of carbonyl (C=O) groups excluding carboxylic acids is 1. The quantitative estimate of drug-likeness (QED) is 0.498. The molecule has 2 aromatic rings. The number of anilines is 2. The van der Waals surface area contributed by atoms with Crippen molar-refractivity contribution in [1.29, 1.82) is 0 Å². The van der Waals surface area contributed by atoms with Crippen LogP contribution in [0.1, 0.15) is 57.7 Å². The molecule has 2 amide bonds. The van der Waals surface area contributed by atoms with Crippen LogP contribution in [0.15, 0.2) is 36.5 Å². The summed E-state index contributed by atoms with van der Waals surface area (Å²) in [5.41, 5.74) is 2.52. The fourth-order valence-corrected chi connectivity index (χ4v) is 4.61. The predicted molar refractivity (Wildman–Crippen MR) is 138 cm³/mol. The molecule has 3 heterocycles. The van der Waals surface area contributed by atoms with E-state index in [0.717, 1.165) is 50.4 Å². The van der Waals surface area contributed by atoms with E-state index in [4.69, 9.17) is 4.74 Å². The van der Waals surface area contributed by atoms with Crippen molar-refractivity contribution >= 4 is 17.4 Å². The number of amides is 2. The molecule has 198 valence electrons. The van der Waals surface area contributed by atoms with E-state index in [1.54, 1.807) is 11.8 Å². The lowest BCUT2D eigenvalue weighted by Crippen LogP contribution is -2.55. The molecule has 0 spiro atoms. The molecule has 2 aliphatic rings. The number of pyridine rings is 1. The van der Waals surface area contributed by atoms with E-state index in [1.165, 1.54) is 12.3 Å². The Balaban J connectivity index is 0.00000176.